The molecule has 0 spiro atoms. The first kappa shape index (κ1) is 65.1. The molecule has 9 atom stereocenters. The van der Waals surface area contributed by atoms with Crippen molar-refractivity contribution in [2.24, 2.45) is 71.0 Å². The molecule has 62 heavy (non-hydrogen) atoms. The van der Waals surface area contributed by atoms with Crippen molar-refractivity contribution in [3.05, 3.63) is 0 Å². The van der Waals surface area contributed by atoms with E-state index in [-0.39, 0.29) is 0 Å². The Kier molecular flexibility index (Phi) is 45.6. The molecule has 0 nitrogen and oxygen atoms in total. The summed E-state index contributed by atoms with van der Waals surface area (Å²) in [6, 6.07) is 0. The van der Waals surface area contributed by atoms with Crippen LogP contribution in [0.2, 0.25) is 31.7 Å². The van der Waals surface area contributed by atoms with Gasteiger partial charge in [-0.15, -0.1) is 0 Å². The highest BCUT2D eigenvalue weighted by molar-refractivity contribution is 6.59. The predicted octanol–water partition coefficient (Wildman–Crippen LogP) is 22.1. The maximum absolute atomic E-state index is 2.64. The summed E-state index contributed by atoms with van der Waals surface area (Å²) >= 11 is -1.45. The summed E-state index contributed by atoms with van der Waals surface area (Å²) in [5, 5.41) is 9.71. The normalized spacial score (nSPS) is 16.4. The van der Waals surface area contributed by atoms with Gasteiger partial charge in [-0.2, -0.15) is 0 Å². The van der Waals surface area contributed by atoms with Gasteiger partial charge in [0, 0.05) is 0 Å². The number of hydrogen-bond acceptors (Lipinski definition) is 0. The Hall–Kier alpha value is 1.06. The van der Waals surface area contributed by atoms with E-state index in [9.17, 15) is 0 Å². The van der Waals surface area contributed by atoms with E-state index < -0.39 is 28.3 Å². The van der Waals surface area contributed by atoms with Crippen LogP contribution in [0, 0.1) is 71.0 Å². The van der Waals surface area contributed by atoms with Crippen molar-refractivity contribution in [2.45, 2.75) is 310 Å². The van der Waals surface area contributed by atoms with E-state index in [0.29, 0.717) is 0 Å². The van der Waals surface area contributed by atoms with Crippen LogP contribution in [0.1, 0.15) is 279 Å². The van der Waals surface area contributed by atoms with E-state index in [1.807, 2.05) is 0 Å². The summed E-state index contributed by atoms with van der Waals surface area (Å²) in [7, 11) is 0. The number of unbranched alkanes of at least 4 members (excludes halogenated alkanes) is 3. The van der Waals surface area contributed by atoms with E-state index >= 15 is 0 Å². The highest BCUT2D eigenvalue weighted by Crippen LogP contribution is 2.38. The van der Waals surface area contributed by atoms with Crippen LogP contribution in [0.4, 0.5) is 0 Å². The lowest BCUT2D eigenvalue weighted by molar-refractivity contribution is 0.309. The fourth-order valence-corrected chi connectivity index (χ4v) is 23.1. The van der Waals surface area contributed by atoms with E-state index in [1.165, 1.54) is 154 Å². The Morgan fingerprint density at radius 2 is 0.403 bits per heavy atom. The van der Waals surface area contributed by atoms with Gasteiger partial charge in [-0.3, -0.25) is 0 Å². The van der Waals surface area contributed by atoms with Gasteiger partial charge in [-0.05, 0) is 35.5 Å². The molecule has 0 aliphatic rings. The minimum atomic E-state index is -0.726. The molecule has 0 saturated carbocycles. The van der Waals surface area contributed by atoms with Crippen LogP contribution < -0.4 is 0 Å². The fraction of sp³-hybridized carbons (Fsp3) is 1.00. The second-order valence-electron chi connectivity index (χ2n) is 23.0. The minimum absolute atomic E-state index is 0.719. The number of hydrogen-bond donors (Lipinski definition) is 0. The molecule has 0 N–H and O–H groups in total. The predicted molar refractivity (Wildman–Crippen MR) is 295 cm³/mol. The van der Waals surface area contributed by atoms with Crippen LogP contribution in [0.5, 0.6) is 0 Å². The van der Waals surface area contributed by atoms with E-state index in [1.54, 1.807) is 31.7 Å². The third-order valence-corrected chi connectivity index (χ3v) is 25.8. The monoisotopic (exact) mass is 901 g/mol. The highest BCUT2D eigenvalue weighted by atomic mass is 27.2. The van der Waals surface area contributed by atoms with Gasteiger partial charge in [0.2, 0.25) is 0 Å². The third kappa shape index (κ3) is 30.4. The van der Waals surface area contributed by atoms with Gasteiger partial charge in [0.05, 0.1) is 0 Å². The lowest BCUT2D eigenvalue weighted by Crippen LogP contribution is -2.29. The molecule has 0 aromatic carbocycles. The molecule has 0 bridgehead atoms. The van der Waals surface area contributed by atoms with Crippen LogP contribution in [0.3, 0.4) is 0 Å². The first-order valence-electron chi connectivity index (χ1n) is 29.7. The van der Waals surface area contributed by atoms with Gasteiger partial charge >= 0.3 is 0 Å². The van der Waals surface area contributed by atoms with Crippen molar-refractivity contribution in [1.29, 1.82) is 0 Å². The lowest BCUT2D eigenvalue weighted by Gasteiger charge is -2.32. The van der Waals surface area contributed by atoms with Gasteiger partial charge in [0.15, 0.2) is 0 Å². The molecule has 2 heteroatoms. The second kappa shape index (κ2) is 43.4. The van der Waals surface area contributed by atoms with Crippen molar-refractivity contribution < 1.29 is 0 Å². The van der Waals surface area contributed by atoms with Gasteiger partial charge < -0.3 is 0 Å². The van der Waals surface area contributed by atoms with Gasteiger partial charge in [-0.25, -0.2) is 0 Å². The van der Waals surface area contributed by atoms with Gasteiger partial charge in [0.1, 0.15) is 0 Å². The molecule has 0 aromatic heterocycles. The molecule has 372 valence electrons. The summed E-state index contributed by atoms with van der Waals surface area (Å²) in [6.45, 7) is 44.6. The smallest absolute Gasteiger partial charge is 0.0910 e. The molecular weight excluding hydrogens is 775 g/mol. The van der Waals surface area contributed by atoms with Crippen molar-refractivity contribution >= 4 is 28.3 Å². The lowest BCUT2D eigenvalue weighted by atomic mass is 9.87. The van der Waals surface area contributed by atoms with Crippen molar-refractivity contribution in [3.8, 4) is 0 Å². The maximum Gasteiger partial charge on any atom is 0.262 e. The van der Waals surface area contributed by atoms with E-state index in [2.05, 4.69) is 125 Å². The summed E-state index contributed by atoms with van der Waals surface area (Å²) in [5.41, 5.74) is 0. The molecular formula is C60H126Al2. The maximum atomic E-state index is 2.64. The Morgan fingerprint density at radius 3 is 0.548 bits per heavy atom. The van der Waals surface area contributed by atoms with Crippen molar-refractivity contribution in [2.75, 3.05) is 0 Å². The molecule has 9 unspecified atom stereocenters. The zero-order chi connectivity index (χ0) is 47.3. The van der Waals surface area contributed by atoms with E-state index in [0.717, 1.165) is 71.0 Å². The second-order valence-corrected chi connectivity index (χ2v) is 29.2. The summed E-state index contributed by atoms with van der Waals surface area (Å²) < 4.78 is 0. The van der Waals surface area contributed by atoms with Gasteiger partial charge in [0.25, 0.3) is 28.3 Å². The summed E-state index contributed by atoms with van der Waals surface area (Å²) in [5.74, 6) is 11.6. The Morgan fingerprint density at radius 1 is 0.226 bits per heavy atom. The molecule has 0 aliphatic carbocycles. The van der Waals surface area contributed by atoms with E-state index in [4.69, 9.17) is 0 Å². The van der Waals surface area contributed by atoms with Gasteiger partial charge in [-0.1, -0.05) is 346 Å². The topological polar surface area (TPSA) is 0 Å². The summed E-state index contributed by atoms with van der Waals surface area (Å²) in [6.07, 6.45) is 34.0. The zero-order valence-corrected chi connectivity index (χ0v) is 49.6. The van der Waals surface area contributed by atoms with Crippen LogP contribution >= 0.6 is 0 Å². The molecule has 0 amide bonds. The fourth-order valence-electron chi connectivity index (χ4n) is 13.3. The first-order valence-corrected chi connectivity index (χ1v) is 34.6. The Bertz CT molecular complexity index is 769. The zero-order valence-electron chi connectivity index (χ0n) is 47.3. The molecule has 0 radical (unpaired) electrons. The van der Waals surface area contributed by atoms with Crippen LogP contribution in [-0.2, 0) is 0 Å². The first-order chi connectivity index (χ1) is 29.7. The average Bonchev–Trinajstić information content (AvgIpc) is 3.24. The van der Waals surface area contributed by atoms with Crippen LogP contribution in [0.25, 0.3) is 0 Å². The van der Waals surface area contributed by atoms with Crippen LogP contribution in [0.15, 0.2) is 0 Å². The molecule has 0 fully saturated rings. The Balaban J connectivity index is 0. The highest BCUT2D eigenvalue weighted by Gasteiger charge is 2.33. The standard InChI is InChI=1S/6C10H21.2Al/c3*1-5-7-8-10(6-2)9(3)4;3*1-5-7-10(8-6-2)9(3)4;;/h6*9-10H,3,5-8H2,1-2,4H3;;. The summed E-state index contributed by atoms with van der Waals surface area (Å²) in [4.78, 5) is 0. The molecule has 0 heterocycles. The molecule has 0 saturated heterocycles. The molecule has 0 aromatic rings. The SMILES string of the molecule is CCCC(CCC)C(C)[CH2][Al]([CH2]C(C)C(CCC)CCC)[CH2]C(C)C(CCC)CCC.CCCCC(CC)C(C)[CH2][Al]([CH2]C(C)C(CC)CCCC)[CH2]C(C)C(CC)CCCC. The number of rotatable bonds is 42. The molecule has 0 rings (SSSR count). The average molecular weight is 902 g/mol. The van der Waals surface area contributed by atoms with Crippen molar-refractivity contribution in [3.63, 3.8) is 0 Å². The Labute approximate surface area is 407 Å². The van der Waals surface area contributed by atoms with Crippen LogP contribution in [-0.4, -0.2) is 28.3 Å². The third-order valence-electron chi connectivity index (χ3n) is 17.4. The molecule has 0 aliphatic heterocycles. The van der Waals surface area contributed by atoms with Crippen molar-refractivity contribution in [1.82, 2.24) is 0 Å². The largest absolute Gasteiger partial charge is 0.262 e. The minimum Gasteiger partial charge on any atom is -0.0910 e. The quantitative estimate of drug-likeness (QED) is 0.0536.